The van der Waals surface area contributed by atoms with Crippen molar-refractivity contribution in [2.45, 2.75) is 32.6 Å². The van der Waals surface area contributed by atoms with E-state index in [1.54, 1.807) is 6.56 Å². The van der Waals surface area contributed by atoms with Gasteiger partial charge in [0.1, 0.15) is 0 Å². The largest absolute Gasteiger partial charge is 0.147 e. The molecule has 0 aromatic heterocycles. The number of hydrogen-bond donors (Lipinski definition) is 2. The Labute approximate surface area is 147 Å². The van der Waals surface area contributed by atoms with E-state index in [1.807, 2.05) is 0 Å². The molecule has 0 radical (unpaired) electrons. The molecule has 2 aliphatic carbocycles. The van der Waals surface area contributed by atoms with Crippen LogP contribution in [0.25, 0.3) is 0 Å². The molecular formula is C16H24Cl2O2Zr. The molecule has 0 saturated heterocycles. The Hall–Kier alpha value is 0.213. The van der Waals surface area contributed by atoms with E-state index in [1.165, 1.54) is 11.1 Å². The van der Waals surface area contributed by atoms with E-state index in [-0.39, 0.29) is 38.0 Å². The fourth-order valence-corrected chi connectivity index (χ4v) is 9.90. The molecule has 5 heteroatoms. The van der Waals surface area contributed by atoms with Crippen LogP contribution in [0.2, 0.25) is 0 Å². The maximum atomic E-state index is 9.19. The zero-order chi connectivity index (χ0) is 13.7. The molecule has 0 bridgehead atoms. The van der Waals surface area contributed by atoms with Gasteiger partial charge in [0, 0.05) is 0 Å². The Balaban J connectivity index is 0.00000200. The van der Waals surface area contributed by atoms with Gasteiger partial charge in [-0.05, 0) is 0 Å². The topological polar surface area (TPSA) is 40.5 Å². The molecule has 0 saturated carbocycles. The first kappa shape index (κ1) is 21.2. The van der Waals surface area contributed by atoms with Crippen LogP contribution in [0.15, 0.2) is 42.0 Å². The zero-order valence-electron chi connectivity index (χ0n) is 12.3. The third-order valence-electron chi connectivity index (χ3n) is 3.76. The molecule has 0 heterocycles. The Morgan fingerprint density at radius 1 is 0.952 bits per heavy atom. The van der Waals surface area contributed by atoms with Gasteiger partial charge in [0.05, 0.1) is 0 Å². The minimum atomic E-state index is -1.86. The van der Waals surface area contributed by atoms with E-state index < -0.39 is 21.3 Å². The van der Waals surface area contributed by atoms with Crippen molar-refractivity contribution in [3.63, 3.8) is 0 Å². The number of allylic oxidation sites excluding steroid dienone is 6. The molecule has 0 fully saturated rings. The monoisotopic (exact) mass is 408 g/mol. The molecule has 2 nitrogen and oxygen atoms in total. The Kier molecular flexibility index (Phi) is 11.0. The smallest absolute Gasteiger partial charge is 0.147 e. The van der Waals surface area contributed by atoms with Crippen LogP contribution in [0, 0.1) is 0 Å². The molecular weight excluding hydrogens is 386 g/mol. The number of hydrogen-bond acceptors (Lipinski definition) is 2. The van der Waals surface area contributed by atoms with Crippen molar-refractivity contribution in [2.24, 2.45) is 0 Å². The quantitative estimate of drug-likeness (QED) is 0.704. The van der Waals surface area contributed by atoms with Crippen molar-refractivity contribution < 1.29 is 31.5 Å². The van der Waals surface area contributed by atoms with Crippen LogP contribution >= 0.6 is 24.8 Å². The maximum Gasteiger partial charge on any atom is -0.147 e. The fourth-order valence-electron chi connectivity index (χ4n) is 2.91. The molecule has 0 unspecified atom stereocenters. The van der Waals surface area contributed by atoms with Gasteiger partial charge in [-0.1, -0.05) is 0 Å². The first-order chi connectivity index (χ1) is 9.31. The van der Waals surface area contributed by atoms with Crippen molar-refractivity contribution in [2.75, 3.05) is 13.2 Å². The standard InChI is InChI=1S/2C7H9O.C2H4.2ClH.Zr/c2*8-6-5-7-3-1-2-4-7;1-2;;;/h2*1,3,8H,2,5-6H2;1H,2H3;2*1H;. The first-order valence-electron chi connectivity index (χ1n) is 6.97. The Bertz CT molecular complexity index is 460. The van der Waals surface area contributed by atoms with Crippen LogP contribution in [0.1, 0.15) is 32.6 Å². The first-order valence-corrected chi connectivity index (χ1v) is 10.9. The van der Waals surface area contributed by atoms with Crippen LogP contribution in [-0.4, -0.2) is 27.1 Å². The molecule has 0 amide bonds. The van der Waals surface area contributed by atoms with E-state index in [0.29, 0.717) is 0 Å². The van der Waals surface area contributed by atoms with Gasteiger partial charge in [0.15, 0.2) is 0 Å². The zero-order valence-corrected chi connectivity index (χ0v) is 16.4. The molecule has 21 heavy (non-hydrogen) atoms. The molecule has 0 aromatic rings. The van der Waals surface area contributed by atoms with Crippen molar-refractivity contribution in [3.8, 4) is 0 Å². The van der Waals surface area contributed by atoms with Crippen molar-refractivity contribution in [3.05, 3.63) is 42.0 Å². The third kappa shape index (κ3) is 5.11. The summed E-state index contributed by atoms with van der Waals surface area (Å²) in [5.74, 6) is 0. The summed E-state index contributed by atoms with van der Waals surface area (Å²) in [6, 6.07) is 0. The Morgan fingerprint density at radius 2 is 1.38 bits per heavy atom. The molecule has 0 atom stereocenters. The number of aliphatic hydroxyl groups excluding tert-OH is 2. The van der Waals surface area contributed by atoms with E-state index in [0.717, 1.165) is 25.7 Å². The van der Waals surface area contributed by atoms with Crippen molar-refractivity contribution in [1.29, 1.82) is 0 Å². The summed E-state index contributed by atoms with van der Waals surface area (Å²) in [5, 5.41) is 18.4. The summed E-state index contributed by atoms with van der Waals surface area (Å²) in [7, 11) is 0. The van der Waals surface area contributed by atoms with Crippen LogP contribution in [-0.2, 0) is 21.3 Å². The summed E-state index contributed by atoms with van der Waals surface area (Å²) >= 11 is -1.86. The van der Waals surface area contributed by atoms with Gasteiger partial charge in [0.2, 0.25) is 0 Å². The van der Waals surface area contributed by atoms with Gasteiger partial charge in [-0.3, -0.25) is 0 Å². The molecule has 118 valence electrons. The second kappa shape index (κ2) is 10.9. The van der Waals surface area contributed by atoms with E-state index >= 15 is 0 Å². The van der Waals surface area contributed by atoms with E-state index in [4.69, 9.17) is 0 Å². The van der Waals surface area contributed by atoms with E-state index in [9.17, 15) is 10.2 Å². The van der Waals surface area contributed by atoms with Crippen LogP contribution in [0.4, 0.5) is 0 Å². The molecule has 2 N–H and O–H groups in total. The average Bonchev–Trinajstić information content (AvgIpc) is 3.03. The molecule has 2 rings (SSSR count). The second-order valence-corrected chi connectivity index (χ2v) is 11.3. The van der Waals surface area contributed by atoms with Gasteiger partial charge >= 0.3 is 123 Å². The summed E-state index contributed by atoms with van der Waals surface area (Å²) < 4.78 is 5.68. The van der Waals surface area contributed by atoms with E-state index in [2.05, 4.69) is 34.9 Å². The van der Waals surface area contributed by atoms with Gasteiger partial charge < -0.3 is 0 Å². The minimum absolute atomic E-state index is 0. The van der Waals surface area contributed by atoms with Crippen LogP contribution < -0.4 is 0 Å². The predicted molar refractivity (Wildman–Crippen MR) is 91.2 cm³/mol. The molecule has 0 spiro atoms. The summed E-state index contributed by atoms with van der Waals surface area (Å²) in [5.41, 5.74) is 2.75. The van der Waals surface area contributed by atoms with Crippen molar-refractivity contribution >= 4 is 28.5 Å². The summed E-state index contributed by atoms with van der Waals surface area (Å²) in [6.45, 7) is 2.67. The minimum Gasteiger partial charge on any atom is -0.147 e. The third-order valence-corrected chi connectivity index (χ3v) is 11.0. The number of halogens is 2. The SMILES string of the molecule is C[CH]=[Zr]([C]1=C(CCO)C=CC1)[C]1=C(CCO)C=CC1.Cl.Cl. The molecule has 0 aliphatic heterocycles. The summed E-state index contributed by atoms with van der Waals surface area (Å²) in [4.78, 5) is 0. The fraction of sp³-hybridized carbons (Fsp3) is 0.438. The summed E-state index contributed by atoms with van der Waals surface area (Å²) in [6.07, 6.45) is 12.6. The maximum absolute atomic E-state index is 9.19. The number of aliphatic hydroxyl groups is 2. The second-order valence-electron chi connectivity index (χ2n) is 4.87. The Morgan fingerprint density at radius 3 is 1.71 bits per heavy atom. The normalized spacial score (nSPS) is 16.1. The predicted octanol–water partition coefficient (Wildman–Crippen LogP) is 3.46. The average molecular weight is 410 g/mol. The van der Waals surface area contributed by atoms with Crippen LogP contribution in [0.3, 0.4) is 0 Å². The van der Waals surface area contributed by atoms with Gasteiger partial charge in [-0.2, -0.15) is 0 Å². The van der Waals surface area contributed by atoms with Crippen molar-refractivity contribution in [1.82, 2.24) is 0 Å². The van der Waals surface area contributed by atoms with Gasteiger partial charge in [-0.15, -0.1) is 24.8 Å². The molecule has 2 aliphatic rings. The van der Waals surface area contributed by atoms with Crippen LogP contribution in [0.5, 0.6) is 0 Å². The van der Waals surface area contributed by atoms with Gasteiger partial charge in [0.25, 0.3) is 0 Å². The molecule has 0 aromatic carbocycles. The van der Waals surface area contributed by atoms with Gasteiger partial charge in [-0.25, -0.2) is 0 Å². The number of rotatable bonds is 6.